The number of aliphatic hydroxyl groups is 1. The van der Waals surface area contributed by atoms with Crippen molar-refractivity contribution >= 4 is 16.0 Å². The number of aliphatic hydroxyl groups excluding tert-OH is 1. The highest BCUT2D eigenvalue weighted by molar-refractivity contribution is 7.85. The van der Waals surface area contributed by atoms with E-state index in [1.54, 1.807) is 6.08 Å². The van der Waals surface area contributed by atoms with Gasteiger partial charge in [0.15, 0.2) is 0 Å². The fourth-order valence-electron chi connectivity index (χ4n) is 5.71. The minimum atomic E-state index is -4.37. The number of hydrogen-bond donors (Lipinski definition) is 3. The van der Waals surface area contributed by atoms with Crippen LogP contribution in [0.3, 0.4) is 0 Å². The number of nitrogens with one attached hydrogen (secondary N) is 1. The van der Waals surface area contributed by atoms with Crippen LogP contribution < -0.4 is 5.32 Å². The van der Waals surface area contributed by atoms with E-state index in [2.05, 4.69) is 92.1 Å². The van der Waals surface area contributed by atoms with Gasteiger partial charge in [0.05, 0.1) is 17.9 Å². The highest BCUT2D eigenvalue weighted by atomic mass is 32.2. The second-order valence-corrected chi connectivity index (χ2v) is 15.4. The van der Waals surface area contributed by atoms with Gasteiger partial charge in [0.2, 0.25) is 5.91 Å². The summed E-state index contributed by atoms with van der Waals surface area (Å²) in [4.78, 5) is 12.5. The number of carbonyl (C=O) groups is 1. The lowest BCUT2D eigenvalue weighted by atomic mass is 10.1. The lowest BCUT2D eigenvalue weighted by Gasteiger charge is -2.21. The topological polar surface area (TPSA) is 104 Å². The van der Waals surface area contributed by atoms with E-state index in [0.29, 0.717) is 12.8 Å². The van der Waals surface area contributed by atoms with E-state index < -0.39 is 28.0 Å². The van der Waals surface area contributed by atoms with E-state index in [1.807, 2.05) is 0 Å². The lowest BCUT2D eigenvalue weighted by molar-refractivity contribution is -0.122. The molecule has 0 heterocycles. The molecule has 2 atom stereocenters. The fraction of sp³-hybridized carbons (Fsp3) is 0.667. The Morgan fingerprint density at radius 3 is 1.44 bits per heavy atom. The van der Waals surface area contributed by atoms with Crippen LogP contribution >= 0.6 is 0 Å². The first-order chi connectivity index (χ1) is 25.3. The summed E-state index contributed by atoms with van der Waals surface area (Å²) >= 11 is 0. The van der Waals surface area contributed by atoms with Gasteiger partial charge in [-0.25, -0.2) is 0 Å². The number of rotatable bonds is 36. The number of amides is 1. The number of unbranched alkanes of at least 4 members (excludes halogenated alkanes) is 16. The molecule has 6 nitrogen and oxygen atoms in total. The van der Waals surface area contributed by atoms with Gasteiger partial charge >= 0.3 is 0 Å². The summed E-state index contributed by atoms with van der Waals surface area (Å²) < 4.78 is 32.5. The van der Waals surface area contributed by atoms with Gasteiger partial charge in [0.1, 0.15) is 0 Å². The Morgan fingerprint density at radius 1 is 0.538 bits per heavy atom. The molecule has 0 aromatic rings. The molecule has 0 aromatic heterocycles. The molecule has 0 fully saturated rings. The van der Waals surface area contributed by atoms with Crippen LogP contribution in [-0.2, 0) is 14.9 Å². The Kier molecular flexibility index (Phi) is 36.4. The zero-order valence-electron chi connectivity index (χ0n) is 33.1. The van der Waals surface area contributed by atoms with Crippen LogP contribution in [0, 0.1) is 0 Å². The molecular weight excluding hydrogens is 667 g/mol. The van der Waals surface area contributed by atoms with Gasteiger partial charge < -0.3 is 10.4 Å². The van der Waals surface area contributed by atoms with Gasteiger partial charge in [0.25, 0.3) is 10.1 Å². The Morgan fingerprint density at radius 2 is 0.942 bits per heavy atom. The average molecular weight is 744 g/mol. The van der Waals surface area contributed by atoms with Crippen molar-refractivity contribution in [2.75, 3.05) is 5.75 Å². The maximum absolute atomic E-state index is 12.5. The van der Waals surface area contributed by atoms with Crippen LogP contribution in [-0.4, -0.2) is 41.9 Å². The third-order valence-corrected chi connectivity index (χ3v) is 9.56. The summed E-state index contributed by atoms with van der Waals surface area (Å²) in [5.41, 5.74) is 0. The third kappa shape index (κ3) is 38.7. The van der Waals surface area contributed by atoms with Crippen molar-refractivity contribution in [3.63, 3.8) is 0 Å². The highest BCUT2D eigenvalue weighted by Crippen LogP contribution is 2.12. The maximum atomic E-state index is 12.5. The second kappa shape index (κ2) is 38.3. The van der Waals surface area contributed by atoms with Crippen molar-refractivity contribution in [2.45, 2.75) is 187 Å². The van der Waals surface area contributed by atoms with Gasteiger partial charge in [-0.3, -0.25) is 9.35 Å². The normalized spacial score (nSPS) is 14.2. The predicted molar refractivity (Wildman–Crippen MR) is 225 cm³/mol. The quantitative estimate of drug-likeness (QED) is 0.0337. The van der Waals surface area contributed by atoms with Crippen molar-refractivity contribution in [1.29, 1.82) is 0 Å². The van der Waals surface area contributed by atoms with E-state index in [0.717, 1.165) is 83.5 Å². The summed E-state index contributed by atoms with van der Waals surface area (Å²) in [6, 6.07) is -1.09. The zero-order valence-corrected chi connectivity index (χ0v) is 34.0. The fourth-order valence-corrected chi connectivity index (χ4v) is 6.44. The van der Waals surface area contributed by atoms with Crippen LogP contribution in [0.1, 0.15) is 174 Å². The molecular formula is C45H77NO5S. The second-order valence-electron chi connectivity index (χ2n) is 13.9. The van der Waals surface area contributed by atoms with E-state index in [1.165, 1.54) is 63.9 Å². The molecule has 0 radical (unpaired) electrons. The van der Waals surface area contributed by atoms with Gasteiger partial charge in [-0.1, -0.05) is 170 Å². The third-order valence-electron chi connectivity index (χ3n) is 8.78. The van der Waals surface area contributed by atoms with Crippen molar-refractivity contribution in [3.8, 4) is 0 Å². The van der Waals surface area contributed by atoms with Crippen molar-refractivity contribution < 1.29 is 22.9 Å². The molecule has 0 aliphatic carbocycles. The summed E-state index contributed by atoms with van der Waals surface area (Å²) in [5.74, 6) is -1.04. The lowest BCUT2D eigenvalue weighted by Crippen LogP contribution is -2.46. The minimum absolute atomic E-state index is 0.263. The molecule has 0 aromatic carbocycles. The maximum Gasteiger partial charge on any atom is 0.267 e. The van der Waals surface area contributed by atoms with Crippen molar-refractivity contribution in [2.24, 2.45) is 0 Å². The van der Waals surface area contributed by atoms with Crippen LogP contribution in [0.25, 0.3) is 0 Å². The van der Waals surface area contributed by atoms with Crippen LogP contribution in [0.15, 0.2) is 85.1 Å². The Bertz CT molecular complexity index is 1130. The molecule has 0 rings (SSSR count). The monoisotopic (exact) mass is 744 g/mol. The standard InChI is InChI=1S/C45H77NO5S/c1-3-5-7-9-11-13-15-17-19-21-23-25-27-29-31-33-35-37-39-41-45(48)46-43(42-52(49,50)51)44(47)40-38-36-34-32-30-28-26-24-22-20-18-16-14-12-10-8-6-4-2/h5,7,11,13,17,19,22-25,30,32,38,40,43-44,47H,3-4,6,8-10,12,14-16,18,20-21,26-29,31,33-37,39,41-42H2,1-2H3,(H,46,48)(H,49,50,51)/b7-5-,13-11-,19-17-,24-22+,25-23-,32-30+,40-38+. The molecule has 0 saturated carbocycles. The SMILES string of the molecule is CC/C=C\C/C=C\C/C=C\C/C=C\CCCCCCCCC(=O)NC(CS(=O)(=O)O)C(O)/C=C/CC/C=C/CC/C=C/CCCCCCCCCC. The predicted octanol–water partition coefficient (Wildman–Crippen LogP) is 12.4. The van der Waals surface area contributed by atoms with E-state index in [9.17, 15) is 22.9 Å². The molecule has 0 aliphatic rings. The van der Waals surface area contributed by atoms with E-state index in [4.69, 9.17) is 0 Å². The van der Waals surface area contributed by atoms with E-state index in [-0.39, 0.29) is 12.3 Å². The zero-order chi connectivity index (χ0) is 38.2. The molecule has 1 amide bonds. The van der Waals surface area contributed by atoms with Gasteiger partial charge in [-0.15, -0.1) is 0 Å². The molecule has 2 unspecified atom stereocenters. The molecule has 0 aliphatic heterocycles. The Hall–Kier alpha value is -2.48. The summed E-state index contributed by atoms with van der Waals surface area (Å²) in [7, 11) is -4.37. The molecule has 0 spiro atoms. The molecule has 298 valence electrons. The molecule has 7 heteroatoms. The Balaban J connectivity index is 4.05. The van der Waals surface area contributed by atoms with Gasteiger partial charge in [-0.05, 0) is 83.5 Å². The summed E-state index contributed by atoms with van der Waals surface area (Å²) in [6.07, 6.45) is 55.6. The largest absolute Gasteiger partial charge is 0.387 e. The molecule has 3 N–H and O–H groups in total. The van der Waals surface area contributed by atoms with Gasteiger partial charge in [0, 0.05) is 6.42 Å². The summed E-state index contributed by atoms with van der Waals surface area (Å²) in [6.45, 7) is 4.40. The first-order valence-corrected chi connectivity index (χ1v) is 22.4. The van der Waals surface area contributed by atoms with Gasteiger partial charge in [-0.2, -0.15) is 8.42 Å². The highest BCUT2D eigenvalue weighted by Gasteiger charge is 2.24. The number of hydrogen-bond acceptors (Lipinski definition) is 4. The first-order valence-electron chi connectivity index (χ1n) is 20.8. The summed E-state index contributed by atoms with van der Waals surface area (Å²) in [5, 5.41) is 13.2. The molecule has 52 heavy (non-hydrogen) atoms. The number of allylic oxidation sites excluding steroid dienone is 13. The smallest absolute Gasteiger partial charge is 0.267 e. The average Bonchev–Trinajstić information content (AvgIpc) is 3.11. The van der Waals surface area contributed by atoms with Crippen LogP contribution in [0.4, 0.5) is 0 Å². The van der Waals surface area contributed by atoms with Crippen LogP contribution in [0.2, 0.25) is 0 Å². The van der Waals surface area contributed by atoms with Crippen molar-refractivity contribution in [1.82, 2.24) is 5.32 Å². The van der Waals surface area contributed by atoms with Crippen LogP contribution in [0.5, 0.6) is 0 Å². The number of carbonyl (C=O) groups excluding carboxylic acids is 1. The first kappa shape index (κ1) is 49.5. The van der Waals surface area contributed by atoms with Crippen molar-refractivity contribution in [3.05, 3.63) is 85.1 Å². The Labute approximate surface area is 320 Å². The van der Waals surface area contributed by atoms with E-state index >= 15 is 0 Å². The molecule has 0 saturated heterocycles. The minimum Gasteiger partial charge on any atom is -0.387 e. The molecule has 0 bridgehead atoms.